The zero-order valence-electron chi connectivity index (χ0n) is 11.6. The summed E-state index contributed by atoms with van der Waals surface area (Å²) in [5.74, 6) is 0.740. The molecule has 0 amide bonds. The van der Waals surface area contributed by atoms with E-state index in [9.17, 15) is 4.21 Å². The Morgan fingerprint density at radius 2 is 2.32 bits per heavy atom. The minimum atomic E-state index is -0.717. The highest BCUT2D eigenvalue weighted by molar-refractivity contribution is 7.84. The molecular weight excluding hydrogens is 260 g/mol. The van der Waals surface area contributed by atoms with Crippen LogP contribution in [-0.4, -0.2) is 36.9 Å². The van der Waals surface area contributed by atoms with Crippen molar-refractivity contribution in [2.75, 3.05) is 12.0 Å². The lowest BCUT2D eigenvalue weighted by Gasteiger charge is -2.12. The average Bonchev–Trinajstić information content (AvgIpc) is 2.73. The molecule has 104 valence electrons. The van der Waals surface area contributed by atoms with Crippen molar-refractivity contribution in [1.29, 1.82) is 0 Å². The highest BCUT2D eigenvalue weighted by atomic mass is 32.2. The SMILES string of the molecule is Cc1cc2ncc(CNC(C)CCS(C)=O)cn2n1. The van der Waals surface area contributed by atoms with E-state index in [1.165, 1.54) is 0 Å². The van der Waals surface area contributed by atoms with Crippen molar-refractivity contribution in [2.45, 2.75) is 32.9 Å². The first-order valence-electron chi connectivity index (χ1n) is 6.39. The van der Waals surface area contributed by atoms with E-state index in [0.717, 1.165) is 35.6 Å². The van der Waals surface area contributed by atoms with Crippen LogP contribution >= 0.6 is 0 Å². The minimum absolute atomic E-state index is 0.346. The van der Waals surface area contributed by atoms with E-state index in [-0.39, 0.29) is 0 Å². The Balaban J connectivity index is 1.92. The van der Waals surface area contributed by atoms with Crippen LogP contribution in [0.15, 0.2) is 18.5 Å². The molecule has 0 spiro atoms. The summed E-state index contributed by atoms with van der Waals surface area (Å²) in [4.78, 5) is 4.37. The number of aryl methyl sites for hydroxylation is 1. The molecule has 6 heteroatoms. The second-order valence-electron chi connectivity index (χ2n) is 4.90. The lowest BCUT2D eigenvalue weighted by atomic mass is 10.2. The first-order chi connectivity index (χ1) is 9.04. The molecular formula is C13H20N4OS. The van der Waals surface area contributed by atoms with Crippen LogP contribution < -0.4 is 5.32 Å². The predicted octanol–water partition coefficient (Wildman–Crippen LogP) is 1.28. The van der Waals surface area contributed by atoms with Gasteiger partial charge in [0, 0.05) is 59.4 Å². The second kappa shape index (κ2) is 6.25. The van der Waals surface area contributed by atoms with Crippen molar-refractivity contribution in [3.8, 4) is 0 Å². The zero-order valence-corrected chi connectivity index (χ0v) is 12.4. The summed E-state index contributed by atoms with van der Waals surface area (Å²) < 4.78 is 12.8. The van der Waals surface area contributed by atoms with Gasteiger partial charge in [-0.3, -0.25) is 4.21 Å². The normalized spacial score (nSPS) is 14.7. The van der Waals surface area contributed by atoms with E-state index >= 15 is 0 Å². The Morgan fingerprint density at radius 1 is 1.53 bits per heavy atom. The van der Waals surface area contributed by atoms with Crippen molar-refractivity contribution in [3.05, 3.63) is 29.7 Å². The van der Waals surface area contributed by atoms with E-state index in [4.69, 9.17) is 0 Å². The molecule has 0 aliphatic rings. The highest BCUT2D eigenvalue weighted by Crippen LogP contribution is 2.05. The van der Waals surface area contributed by atoms with Crippen molar-refractivity contribution >= 4 is 16.4 Å². The summed E-state index contributed by atoms with van der Waals surface area (Å²) in [6, 6.07) is 2.30. The van der Waals surface area contributed by atoms with Gasteiger partial charge in [-0.25, -0.2) is 9.50 Å². The Kier molecular flexibility index (Phi) is 4.66. The maximum Gasteiger partial charge on any atom is 0.155 e. The molecule has 2 aromatic heterocycles. The van der Waals surface area contributed by atoms with Gasteiger partial charge in [0.15, 0.2) is 5.65 Å². The van der Waals surface area contributed by atoms with Gasteiger partial charge in [0.25, 0.3) is 0 Å². The number of hydrogen-bond acceptors (Lipinski definition) is 4. The molecule has 2 atom stereocenters. The number of nitrogens with one attached hydrogen (secondary N) is 1. The molecule has 0 aliphatic carbocycles. The second-order valence-corrected chi connectivity index (χ2v) is 6.45. The topological polar surface area (TPSA) is 59.3 Å². The molecule has 0 aliphatic heterocycles. The van der Waals surface area contributed by atoms with Gasteiger partial charge in [0.1, 0.15) is 0 Å². The largest absolute Gasteiger partial charge is 0.310 e. The van der Waals surface area contributed by atoms with Crippen molar-refractivity contribution in [2.24, 2.45) is 0 Å². The fourth-order valence-corrected chi connectivity index (χ4v) is 2.55. The molecule has 1 N–H and O–H groups in total. The third-order valence-corrected chi connectivity index (χ3v) is 3.79. The summed E-state index contributed by atoms with van der Waals surface area (Å²) in [6.07, 6.45) is 6.52. The third kappa shape index (κ3) is 4.11. The van der Waals surface area contributed by atoms with Gasteiger partial charge in [-0.1, -0.05) is 0 Å². The Bertz CT molecular complexity index is 581. The molecule has 2 unspecified atom stereocenters. The first-order valence-corrected chi connectivity index (χ1v) is 8.11. The van der Waals surface area contributed by atoms with Crippen molar-refractivity contribution in [3.63, 3.8) is 0 Å². The van der Waals surface area contributed by atoms with Crippen LogP contribution in [0.1, 0.15) is 24.6 Å². The molecule has 19 heavy (non-hydrogen) atoms. The number of aromatic nitrogens is 3. The van der Waals surface area contributed by atoms with Gasteiger partial charge < -0.3 is 5.32 Å². The molecule has 0 radical (unpaired) electrons. The fourth-order valence-electron chi connectivity index (χ4n) is 1.86. The monoisotopic (exact) mass is 280 g/mol. The molecule has 2 heterocycles. The minimum Gasteiger partial charge on any atom is -0.310 e. The van der Waals surface area contributed by atoms with Gasteiger partial charge >= 0.3 is 0 Å². The van der Waals surface area contributed by atoms with Gasteiger partial charge in [-0.15, -0.1) is 0 Å². The third-order valence-electron chi connectivity index (χ3n) is 2.98. The summed E-state index contributed by atoms with van der Waals surface area (Å²) >= 11 is 0. The summed E-state index contributed by atoms with van der Waals surface area (Å²) in [5.41, 5.74) is 2.94. The van der Waals surface area contributed by atoms with E-state index < -0.39 is 10.8 Å². The number of fused-ring (bicyclic) bond motifs is 1. The zero-order chi connectivity index (χ0) is 13.8. The lowest BCUT2D eigenvalue weighted by molar-refractivity contribution is 0.533. The molecule has 0 saturated heterocycles. The van der Waals surface area contributed by atoms with Gasteiger partial charge in [0.05, 0.1) is 5.69 Å². The van der Waals surface area contributed by atoms with E-state index in [2.05, 4.69) is 22.3 Å². The van der Waals surface area contributed by atoms with E-state index in [1.807, 2.05) is 25.4 Å². The summed E-state index contributed by atoms with van der Waals surface area (Å²) in [6.45, 7) is 4.82. The maximum atomic E-state index is 11.0. The average molecular weight is 280 g/mol. The smallest absolute Gasteiger partial charge is 0.155 e. The molecule has 2 rings (SSSR count). The van der Waals surface area contributed by atoms with Crippen LogP contribution in [0.3, 0.4) is 0 Å². The number of rotatable bonds is 6. The Morgan fingerprint density at radius 3 is 3.05 bits per heavy atom. The molecule has 2 aromatic rings. The van der Waals surface area contributed by atoms with Gasteiger partial charge in [-0.05, 0) is 20.3 Å². The van der Waals surface area contributed by atoms with Gasteiger partial charge in [-0.2, -0.15) is 5.10 Å². The molecule has 5 nitrogen and oxygen atoms in total. The molecule has 0 aromatic carbocycles. The van der Waals surface area contributed by atoms with Gasteiger partial charge in [0.2, 0.25) is 0 Å². The maximum absolute atomic E-state index is 11.0. The van der Waals surface area contributed by atoms with Crippen LogP contribution in [0.4, 0.5) is 0 Å². The van der Waals surface area contributed by atoms with Crippen LogP contribution in [0.5, 0.6) is 0 Å². The first kappa shape index (κ1) is 14.1. The van der Waals surface area contributed by atoms with Crippen LogP contribution in [0.25, 0.3) is 5.65 Å². The Labute approximate surface area is 115 Å². The summed E-state index contributed by atoms with van der Waals surface area (Å²) in [7, 11) is -0.717. The quantitative estimate of drug-likeness (QED) is 0.866. The standard InChI is InChI=1S/C13H20N4OS/c1-10(4-5-19(3)18)14-7-12-8-15-13-6-11(2)16-17(13)9-12/h6,8-10,14H,4-5,7H2,1-3H3. The lowest BCUT2D eigenvalue weighted by Crippen LogP contribution is -2.27. The number of hydrogen-bond donors (Lipinski definition) is 1. The van der Waals surface area contributed by atoms with Crippen LogP contribution in [0.2, 0.25) is 0 Å². The highest BCUT2D eigenvalue weighted by Gasteiger charge is 2.04. The number of nitrogens with zero attached hydrogens (tertiary/aromatic N) is 3. The molecule has 0 fully saturated rings. The Hall–Kier alpha value is -1.27. The predicted molar refractivity (Wildman–Crippen MR) is 77.6 cm³/mol. The van der Waals surface area contributed by atoms with Crippen molar-refractivity contribution < 1.29 is 4.21 Å². The van der Waals surface area contributed by atoms with Crippen molar-refractivity contribution in [1.82, 2.24) is 19.9 Å². The summed E-state index contributed by atoms with van der Waals surface area (Å²) in [5, 5.41) is 7.76. The molecule has 0 bridgehead atoms. The van der Waals surface area contributed by atoms with Crippen LogP contribution in [-0.2, 0) is 17.3 Å². The van der Waals surface area contributed by atoms with E-state index in [1.54, 1.807) is 10.8 Å². The molecule has 0 saturated carbocycles. The van der Waals surface area contributed by atoms with E-state index in [0.29, 0.717) is 6.04 Å². The fraction of sp³-hybridized carbons (Fsp3) is 0.538. The van der Waals surface area contributed by atoms with Crippen LogP contribution in [0, 0.1) is 6.92 Å².